The third kappa shape index (κ3) is 18.8. The van der Waals surface area contributed by atoms with Gasteiger partial charge in [-0.1, -0.05) is 54.1 Å². The highest BCUT2D eigenvalue weighted by Crippen LogP contribution is 2.32. The molecule has 1 N–H and O–H groups in total. The van der Waals surface area contributed by atoms with E-state index in [1.807, 2.05) is 0 Å². The molecular weight excluding hydrogens is 411 g/mol. The lowest BCUT2D eigenvalue weighted by Gasteiger charge is -2.17. The molecule has 0 aliphatic carbocycles. The highest BCUT2D eigenvalue weighted by molar-refractivity contribution is 6.67. The Morgan fingerprint density at radius 1 is 1.00 bits per heavy atom. The number of hydrogen-bond acceptors (Lipinski definition) is 1. The SMILES string of the molecule is CC(=O)N[C@H](CCCC#CCC(Cl)Cl)CCCCCCC(Cl)(Cl)Cl. The Morgan fingerprint density at radius 2 is 1.62 bits per heavy atom. The smallest absolute Gasteiger partial charge is 0.217 e. The van der Waals surface area contributed by atoms with Crippen molar-refractivity contribution in [2.75, 3.05) is 0 Å². The molecule has 0 heterocycles. The van der Waals surface area contributed by atoms with Crippen LogP contribution < -0.4 is 5.32 Å². The number of hydrogen-bond donors (Lipinski definition) is 1. The minimum absolute atomic E-state index is 0.00871. The molecule has 0 saturated carbocycles. The molecule has 0 saturated heterocycles. The molecule has 0 spiro atoms. The molecule has 140 valence electrons. The monoisotopic (exact) mass is 435 g/mol. The number of halogens is 5. The first kappa shape index (κ1) is 24.5. The maximum atomic E-state index is 11.3. The van der Waals surface area contributed by atoms with Crippen LogP contribution in [0.4, 0.5) is 0 Å². The highest BCUT2D eigenvalue weighted by Gasteiger charge is 2.18. The summed E-state index contributed by atoms with van der Waals surface area (Å²) in [6.07, 6.45) is 8.76. The van der Waals surface area contributed by atoms with Gasteiger partial charge >= 0.3 is 0 Å². The van der Waals surface area contributed by atoms with E-state index in [1.165, 1.54) is 0 Å². The van der Waals surface area contributed by atoms with E-state index >= 15 is 0 Å². The zero-order valence-electron chi connectivity index (χ0n) is 14.0. The molecule has 1 amide bonds. The van der Waals surface area contributed by atoms with Crippen LogP contribution in [0.1, 0.15) is 71.1 Å². The molecule has 2 nitrogen and oxygen atoms in total. The average Bonchev–Trinajstić information content (AvgIpc) is 2.43. The van der Waals surface area contributed by atoms with Gasteiger partial charge < -0.3 is 5.32 Å². The Balaban J connectivity index is 3.88. The molecule has 0 aromatic carbocycles. The molecule has 0 aliphatic heterocycles. The number of carbonyl (C=O) groups excluding carboxylic acids is 1. The summed E-state index contributed by atoms with van der Waals surface area (Å²) in [7, 11) is 0. The number of rotatable bonds is 11. The predicted molar refractivity (Wildman–Crippen MR) is 107 cm³/mol. The third-order valence-corrected chi connectivity index (χ3v) is 4.28. The second-order valence-corrected chi connectivity index (χ2v) is 9.60. The zero-order valence-corrected chi connectivity index (χ0v) is 17.8. The third-order valence-electron chi connectivity index (χ3n) is 3.41. The summed E-state index contributed by atoms with van der Waals surface area (Å²) in [4.78, 5) is 10.9. The average molecular weight is 438 g/mol. The second-order valence-electron chi connectivity index (χ2n) is 5.81. The fraction of sp³-hybridized carbons (Fsp3) is 0.824. The maximum absolute atomic E-state index is 11.3. The lowest BCUT2D eigenvalue weighted by Crippen LogP contribution is -2.32. The molecule has 0 fully saturated rings. The molecule has 0 aromatic heterocycles. The number of amides is 1. The van der Waals surface area contributed by atoms with E-state index in [0.29, 0.717) is 12.8 Å². The van der Waals surface area contributed by atoms with Crippen molar-refractivity contribution in [1.82, 2.24) is 5.32 Å². The minimum Gasteiger partial charge on any atom is -0.354 e. The molecule has 0 aromatic rings. The Morgan fingerprint density at radius 3 is 2.21 bits per heavy atom. The van der Waals surface area contributed by atoms with E-state index in [0.717, 1.165) is 51.4 Å². The van der Waals surface area contributed by atoms with Crippen molar-refractivity contribution in [2.24, 2.45) is 0 Å². The van der Waals surface area contributed by atoms with Crippen molar-refractivity contribution in [3.05, 3.63) is 0 Å². The van der Waals surface area contributed by atoms with Gasteiger partial charge in [-0.15, -0.1) is 35.0 Å². The van der Waals surface area contributed by atoms with Crippen LogP contribution in [0, 0.1) is 11.8 Å². The molecule has 24 heavy (non-hydrogen) atoms. The molecule has 0 bridgehead atoms. The van der Waals surface area contributed by atoms with Crippen LogP contribution in [-0.4, -0.2) is 20.6 Å². The van der Waals surface area contributed by atoms with Crippen LogP contribution in [-0.2, 0) is 4.79 Å². The number of alkyl halides is 5. The van der Waals surface area contributed by atoms with Gasteiger partial charge in [-0.3, -0.25) is 4.79 Å². The standard InChI is InChI=1S/C17H26Cl5NO/c1-14(24)23-15(10-6-2-3-8-12-16(18)19)11-7-4-5-9-13-17(20,21)22/h15-16H,2,4-7,9-13H2,1H3,(H,23,24)/t15-/m1/s1. The van der Waals surface area contributed by atoms with Crippen LogP contribution in [0.2, 0.25) is 0 Å². The summed E-state index contributed by atoms with van der Waals surface area (Å²) in [6.45, 7) is 1.55. The van der Waals surface area contributed by atoms with E-state index in [2.05, 4.69) is 17.2 Å². The van der Waals surface area contributed by atoms with Crippen molar-refractivity contribution in [1.29, 1.82) is 0 Å². The molecule has 0 unspecified atom stereocenters. The molecule has 0 radical (unpaired) electrons. The van der Waals surface area contributed by atoms with Gasteiger partial charge in [-0.05, 0) is 32.1 Å². The van der Waals surface area contributed by atoms with Gasteiger partial charge in [0.05, 0.1) is 0 Å². The summed E-state index contributed by atoms with van der Waals surface area (Å²) in [5.74, 6) is 6.01. The van der Waals surface area contributed by atoms with Crippen molar-refractivity contribution >= 4 is 63.9 Å². The first-order valence-corrected chi connectivity index (χ1v) is 10.3. The molecule has 1 atom stereocenters. The quantitative estimate of drug-likeness (QED) is 0.221. The summed E-state index contributed by atoms with van der Waals surface area (Å²) in [6, 6.07) is 0.200. The molecular formula is C17H26Cl5NO. The predicted octanol–water partition coefficient (Wildman–Crippen LogP) is 6.57. The molecule has 0 rings (SSSR count). The van der Waals surface area contributed by atoms with Crippen molar-refractivity contribution in [3.8, 4) is 11.8 Å². The Hall–Kier alpha value is 0.480. The number of nitrogens with one attached hydrogen (secondary N) is 1. The van der Waals surface area contributed by atoms with E-state index in [1.54, 1.807) is 6.92 Å². The summed E-state index contributed by atoms with van der Waals surface area (Å²) < 4.78 is -1.15. The Bertz CT molecular complexity index is 398. The van der Waals surface area contributed by atoms with Crippen molar-refractivity contribution < 1.29 is 4.79 Å². The minimum atomic E-state index is -1.15. The van der Waals surface area contributed by atoms with Gasteiger partial charge in [0.25, 0.3) is 0 Å². The van der Waals surface area contributed by atoms with E-state index < -0.39 is 8.63 Å². The number of carbonyl (C=O) groups is 1. The van der Waals surface area contributed by atoms with Crippen LogP contribution in [0.15, 0.2) is 0 Å². The second kappa shape index (κ2) is 14.6. The van der Waals surface area contributed by atoms with Gasteiger partial charge in [0, 0.05) is 25.8 Å². The summed E-state index contributed by atoms with van der Waals surface area (Å²) in [5, 5.41) is 3.01. The Labute approximate surface area is 171 Å². The zero-order chi connectivity index (χ0) is 18.4. The van der Waals surface area contributed by atoms with E-state index in [4.69, 9.17) is 58.0 Å². The fourth-order valence-electron chi connectivity index (χ4n) is 2.32. The van der Waals surface area contributed by atoms with Gasteiger partial charge in [-0.2, -0.15) is 0 Å². The lowest BCUT2D eigenvalue weighted by atomic mass is 10.0. The van der Waals surface area contributed by atoms with Gasteiger partial charge in [0.1, 0.15) is 4.84 Å². The van der Waals surface area contributed by atoms with E-state index in [9.17, 15) is 4.79 Å². The summed E-state index contributed by atoms with van der Waals surface area (Å²) in [5.41, 5.74) is 0. The van der Waals surface area contributed by atoms with E-state index in [-0.39, 0.29) is 11.9 Å². The van der Waals surface area contributed by atoms with Crippen molar-refractivity contribution in [3.63, 3.8) is 0 Å². The fourth-order valence-corrected chi connectivity index (χ4v) is 2.88. The van der Waals surface area contributed by atoms with Gasteiger partial charge in [0.2, 0.25) is 5.91 Å². The van der Waals surface area contributed by atoms with Gasteiger partial charge in [0.15, 0.2) is 3.79 Å². The van der Waals surface area contributed by atoms with Crippen LogP contribution in [0.3, 0.4) is 0 Å². The lowest BCUT2D eigenvalue weighted by molar-refractivity contribution is -0.119. The van der Waals surface area contributed by atoms with Gasteiger partial charge in [-0.25, -0.2) is 0 Å². The topological polar surface area (TPSA) is 29.1 Å². The van der Waals surface area contributed by atoms with Crippen LogP contribution in [0.5, 0.6) is 0 Å². The van der Waals surface area contributed by atoms with Crippen LogP contribution in [0.25, 0.3) is 0 Å². The van der Waals surface area contributed by atoms with Crippen LogP contribution >= 0.6 is 58.0 Å². The molecule has 7 heteroatoms. The molecule has 0 aliphatic rings. The largest absolute Gasteiger partial charge is 0.354 e. The normalized spacial score (nSPS) is 12.6. The Kier molecular flexibility index (Phi) is 14.9. The number of unbranched alkanes of at least 4 members (excludes halogenated alkanes) is 4. The summed E-state index contributed by atoms with van der Waals surface area (Å²) >= 11 is 28.4. The maximum Gasteiger partial charge on any atom is 0.217 e. The first-order valence-electron chi connectivity index (χ1n) is 8.28. The highest BCUT2D eigenvalue weighted by atomic mass is 35.6. The first-order chi connectivity index (χ1) is 11.2. The van der Waals surface area contributed by atoms with Crippen molar-refractivity contribution in [2.45, 2.75) is 85.8 Å².